The van der Waals surface area contributed by atoms with Crippen LogP contribution in [0.5, 0.6) is 5.75 Å². The van der Waals surface area contributed by atoms with Gasteiger partial charge in [0.25, 0.3) is 0 Å². The van der Waals surface area contributed by atoms with Gasteiger partial charge in [-0.05, 0) is 36.6 Å². The highest BCUT2D eigenvalue weighted by Crippen LogP contribution is 2.40. The summed E-state index contributed by atoms with van der Waals surface area (Å²) in [6, 6.07) is 18.9. The number of morpholine rings is 1. The van der Waals surface area contributed by atoms with E-state index in [1.54, 1.807) is 0 Å². The second-order valence-corrected chi connectivity index (χ2v) is 8.70. The topological polar surface area (TPSA) is 52.4 Å². The molecule has 4 aromatic rings. The first-order chi connectivity index (χ1) is 16.4. The Morgan fingerprint density at radius 3 is 2.73 bits per heavy atom. The molecular formula is C27H28N4O2. The minimum absolute atomic E-state index is 0.667. The second-order valence-electron chi connectivity index (χ2n) is 8.70. The lowest BCUT2D eigenvalue weighted by atomic mass is 9.95. The molecule has 2 aromatic carbocycles. The molecule has 0 unspecified atom stereocenters. The highest BCUT2D eigenvalue weighted by molar-refractivity contribution is 5.99. The lowest BCUT2D eigenvalue weighted by molar-refractivity contribution is 0.0322. The number of aromatic nitrogens is 3. The fraction of sp³-hybridized carbons (Fsp3) is 0.333. The smallest absolute Gasteiger partial charge is 0.121 e. The average molecular weight is 441 g/mol. The van der Waals surface area contributed by atoms with Crippen molar-refractivity contribution in [2.45, 2.75) is 19.4 Å². The van der Waals surface area contributed by atoms with Crippen molar-refractivity contribution in [3.05, 3.63) is 66.5 Å². The highest BCUT2D eigenvalue weighted by Gasteiger charge is 2.25. The van der Waals surface area contributed by atoms with E-state index in [-0.39, 0.29) is 0 Å². The van der Waals surface area contributed by atoms with Gasteiger partial charge in [0.15, 0.2) is 0 Å². The first-order valence-corrected chi connectivity index (χ1v) is 11.8. The Kier molecular flexibility index (Phi) is 5.54. The van der Waals surface area contributed by atoms with Crippen molar-refractivity contribution in [3.8, 4) is 28.1 Å². The van der Waals surface area contributed by atoms with Gasteiger partial charge in [-0.15, -0.1) is 0 Å². The van der Waals surface area contributed by atoms with Crippen molar-refractivity contribution in [2.75, 3.05) is 39.5 Å². The predicted molar refractivity (Wildman–Crippen MR) is 129 cm³/mol. The molecule has 1 fully saturated rings. The number of pyridine rings is 1. The van der Waals surface area contributed by atoms with Gasteiger partial charge in [0.05, 0.1) is 18.7 Å². The van der Waals surface area contributed by atoms with Crippen molar-refractivity contribution in [1.29, 1.82) is 0 Å². The Hall–Kier alpha value is -3.22. The SMILES string of the molecule is c1ccc(-c2nn3c(c2-c2ccnc4cc(OCCN5CCOCC5)ccc24)CCC3)cc1. The summed E-state index contributed by atoms with van der Waals surface area (Å²) in [7, 11) is 0. The first kappa shape index (κ1) is 20.4. The zero-order chi connectivity index (χ0) is 22.0. The van der Waals surface area contributed by atoms with Crippen LogP contribution in [-0.4, -0.2) is 59.1 Å². The van der Waals surface area contributed by atoms with Crippen LogP contribution in [0, 0.1) is 0 Å². The van der Waals surface area contributed by atoms with Crippen LogP contribution in [0.25, 0.3) is 33.3 Å². The quantitative estimate of drug-likeness (QED) is 0.444. The number of aryl methyl sites for hydroxylation is 1. The molecule has 1 saturated heterocycles. The van der Waals surface area contributed by atoms with Crippen LogP contribution in [0.3, 0.4) is 0 Å². The Labute approximate surface area is 193 Å². The van der Waals surface area contributed by atoms with E-state index in [2.05, 4.69) is 69.2 Å². The summed E-state index contributed by atoms with van der Waals surface area (Å²) in [4.78, 5) is 7.05. The zero-order valence-electron chi connectivity index (χ0n) is 18.7. The largest absolute Gasteiger partial charge is 0.492 e. The summed E-state index contributed by atoms with van der Waals surface area (Å²) in [5, 5.41) is 6.14. The van der Waals surface area contributed by atoms with Crippen molar-refractivity contribution < 1.29 is 9.47 Å². The van der Waals surface area contributed by atoms with E-state index in [0.29, 0.717) is 6.61 Å². The third-order valence-electron chi connectivity index (χ3n) is 6.65. The van der Waals surface area contributed by atoms with Gasteiger partial charge in [0, 0.05) is 60.6 Å². The third-order valence-corrected chi connectivity index (χ3v) is 6.65. The predicted octanol–water partition coefficient (Wildman–Crippen LogP) is 4.42. The number of hydrogen-bond acceptors (Lipinski definition) is 5. The minimum atomic E-state index is 0.667. The number of fused-ring (bicyclic) bond motifs is 2. The fourth-order valence-corrected chi connectivity index (χ4v) is 4.97. The molecule has 0 bridgehead atoms. The second kappa shape index (κ2) is 8.96. The Morgan fingerprint density at radius 2 is 1.85 bits per heavy atom. The van der Waals surface area contributed by atoms with Crippen LogP contribution in [0.4, 0.5) is 0 Å². The van der Waals surface area contributed by atoms with Crippen LogP contribution in [-0.2, 0) is 17.7 Å². The summed E-state index contributed by atoms with van der Waals surface area (Å²) >= 11 is 0. The molecule has 168 valence electrons. The van der Waals surface area contributed by atoms with Gasteiger partial charge >= 0.3 is 0 Å². The van der Waals surface area contributed by atoms with Gasteiger partial charge in [-0.3, -0.25) is 14.6 Å². The molecule has 0 saturated carbocycles. The average Bonchev–Trinajstić information content (AvgIpc) is 3.46. The molecular weight excluding hydrogens is 412 g/mol. The molecule has 6 rings (SSSR count). The molecule has 0 amide bonds. The fourth-order valence-electron chi connectivity index (χ4n) is 4.97. The summed E-state index contributed by atoms with van der Waals surface area (Å²) in [5.74, 6) is 0.865. The normalized spacial score (nSPS) is 16.2. The van der Waals surface area contributed by atoms with Crippen LogP contribution in [0.1, 0.15) is 12.1 Å². The van der Waals surface area contributed by atoms with E-state index >= 15 is 0 Å². The van der Waals surface area contributed by atoms with Crippen LogP contribution in [0.15, 0.2) is 60.8 Å². The molecule has 0 atom stereocenters. The van der Waals surface area contributed by atoms with E-state index in [0.717, 1.165) is 80.1 Å². The first-order valence-electron chi connectivity index (χ1n) is 11.8. The van der Waals surface area contributed by atoms with Crippen molar-refractivity contribution in [3.63, 3.8) is 0 Å². The molecule has 0 spiro atoms. The van der Waals surface area contributed by atoms with Crippen molar-refractivity contribution in [1.82, 2.24) is 19.7 Å². The number of hydrogen-bond donors (Lipinski definition) is 0. The molecule has 2 aliphatic heterocycles. The van der Waals surface area contributed by atoms with Crippen LogP contribution in [0.2, 0.25) is 0 Å². The molecule has 2 aliphatic rings. The van der Waals surface area contributed by atoms with Gasteiger partial charge in [-0.1, -0.05) is 30.3 Å². The van der Waals surface area contributed by atoms with E-state index < -0.39 is 0 Å². The Morgan fingerprint density at radius 1 is 0.970 bits per heavy atom. The van der Waals surface area contributed by atoms with E-state index in [9.17, 15) is 0 Å². The number of ether oxygens (including phenoxy) is 2. The Balaban J connectivity index is 1.32. The van der Waals surface area contributed by atoms with E-state index in [1.807, 2.05) is 6.20 Å². The maximum absolute atomic E-state index is 6.08. The monoisotopic (exact) mass is 440 g/mol. The van der Waals surface area contributed by atoms with Crippen LogP contribution < -0.4 is 4.74 Å². The summed E-state index contributed by atoms with van der Waals surface area (Å²) in [5.41, 5.74) is 6.93. The van der Waals surface area contributed by atoms with Crippen molar-refractivity contribution in [2.24, 2.45) is 0 Å². The van der Waals surface area contributed by atoms with Crippen LogP contribution >= 0.6 is 0 Å². The molecule has 0 radical (unpaired) electrons. The van der Waals surface area contributed by atoms with Crippen molar-refractivity contribution >= 4 is 10.9 Å². The highest BCUT2D eigenvalue weighted by atomic mass is 16.5. The minimum Gasteiger partial charge on any atom is -0.492 e. The number of rotatable bonds is 6. The molecule has 4 heterocycles. The molecule has 6 nitrogen and oxygen atoms in total. The van der Waals surface area contributed by atoms with Gasteiger partial charge in [-0.2, -0.15) is 5.10 Å². The summed E-state index contributed by atoms with van der Waals surface area (Å²) < 4.78 is 13.7. The number of nitrogens with zero attached hydrogens (tertiary/aromatic N) is 4. The van der Waals surface area contributed by atoms with E-state index in [1.165, 1.54) is 16.8 Å². The number of benzene rings is 2. The molecule has 6 heteroatoms. The van der Waals surface area contributed by atoms with E-state index in [4.69, 9.17) is 14.6 Å². The molecule has 33 heavy (non-hydrogen) atoms. The van der Waals surface area contributed by atoms with Gasteiger partial charge < -0.3 is 9.47 Å². The van der Waals surface area contributed by atoms with Gasteiger partial charge in [-0.25, -0.2) is 0 Å². The summed E-state index contributed by atoms with van der Waals surface area (Å²) in [6.45, 7) is 6.15. The third kappa shape index (κ3) is 4.01. The standard InChI is InChI=1S/C27H28N4O2/c1-2-5-20(6-3-1)27-26(25-7-4-12-31(25)29-27)23-10-11-28-24-19-21(8-9-22(23)24)33-18-15-30-13-16-32-17-14-30/h1-3,5-6,8-11,19H,4,7,12-18H2. The maximum atomic E-state index is 6.08. The van der Waals surface area contributed by atoms with Gasteiger partial charge in [0.2, 0.25) is 0 Å². The molecule has 0 N–H and O–H groups in total. The van der Waals surface area contributed by atoms with Gasteiger partial charge in [0.1, 0.15) is 18.1 Å². The maximum Gasteiger partial charge on any atom is 0.121 e. The zero-order valence-corrected chi connectivity index (χ0v) is 18.7. The lowest BCUT2D eigenvalue weighted by Gasteiger charge is -2.26. The summed E-state index contributed by atoms with van der Waals surface area (Å²) in [6.07, 6.45) is 4.11. The Bertz CT molecular complexity index is 1260. The lowest BCUT2D eigenvalue weighted by Crippen LogP contribution is -2.38. The molecule has 0 aliphatic carbocycles. The molecule has 2 aromatic heterocycles.